The SMILES string of the molecule is CCS(=O)(=O)Nc1ccc(C2=NN(S(=O)(=O)c3ccc(Cl)cc3)[C@H](c3ccco3)C2)cc1. The lowest BCUT2D eigenvalue weighted by Gasteiger charge is -2.21. The van der Waals surface area contributed by atoms with Gasteiger partial charge in [-0.2, -0.15) is 17.9 Å². The second-order valence-corrected chi connectivity index (χ2v) is 11.3. The molecule has 4 rings (SSSR count). The van der Waals surface area contributed by atoms with E-state index in [0.717, 1.165) is 4.41 Å². The fourth-order valence-electron chi connectivity index (χ4n) is 3.27. The Balaban J connectivity index is 1.69. The van der Waals surface area contributed by atoms with E-state index in [9.17, 15) is 16.8 Å². The summed E-state index contributed by atoms with van der Waals surface area (Å²) in [5, 5.41) is 4.84. The monoisotopic (exact) mass is 493 g/mol. The molecule has 0 amide bonds. The molecule has 2 aromatic carbocycles. The van der Waals surface area contributed by atoms with Crippen molar-refractivity contribution in [2.24, 2.45) is 5.10 Å². The van der Waals surface area contributed by atoms with E-state index in [2.05, 4.69) is 9.82 Å². The first-order valence-corrected chi connectivity index (χ1v) is 13.2. The van der Waals surface area contributed by atoms with Crippen LogP contribution in [0.5, 0.6) is 0 Å². The van der Waals surface area contributed by atoms with Gasteiger partial charge in [0.05, 0.1) is 22.6 Å². The van der Waals surface area contributed by atoms with Gasteiger partial charge in [-0.25, -0.2) is 8.42 Å². The number of rotatable bonds is 7. The molecule has 1 atom stereocenters. The fourth-order valence-corrected chi connectivity index (χ4v) is 5.46. The predicted molar refractivity (Wildman–Crippen MR) is 123 cm³/mol. The summed E-state index contributed by atoms with van der Waals surface area (Å²) in [5.74, 6) is 0.428. The summed E-state index contributed by atoms with van der Waals surface area (Å²) in [6.45, 7) is 1.55. The first-order valence-electron chi connectivity index (χ1n) is 9.71. The summed E-state index contributed by atoms with van der Waals surface area (Å²) < 4.78 is 59.2. The van der Waals surface area contributed by atoms with Gasteiger partial charge in [0.1, 0.15) is 11.8 Å². The molecule has 2 heterocycles. The zero-order chi connectivity index (χ0) is 22.9. The van der Waals surface area contributed by atoms with Crippen molar-refractivity contribution in [2.45, 2.75) is 24.3 Å². The summed E-state index contributed by atoms with van der Waals surface area (Å²) in [6.07, 6.45) is 1.77. The van der Waals surface area contributed by atoms with Crippen LogP contribution in [0, 0.1) is 0 Å². The Morgan fingerprint density at radius 2 is 1.75 bits per heavy atom. The number of hydrazone groups is 1. The molecule has 8 nitrogen and oxygen atoms in total. The normalized spacial score (nSPS) is 16.8. The summed E-state index contributed by atoms with van der Waals surface area (Å²) in [4.78, 5) is 0.0628. The highest BCUT2D eigenvalue weighted by molar-refractivity contribution is 7.92. The fraction of sp³-hybridized carbons (Fsp3) is 0.190. The van der Waals surface area contributed by atoms with Gasteiger partial charge in [-0.05, 0) is 61.0 Å². The van der Waals surface area contributed by atoms with Gasteiger partial charge in [0.25, 0.3) is 10.0 Å². The molecular weight excluding hydrogens is 474 g/mol. The molecule has 1 aliphatic rings. The molecule has 0 aliphatic carbocycles. The Hall–Kier alpha value is -2.82. The Bertz CT molecular complexity index is 1340. The van der Waals surface area contributed by atoms with Crippen LogP contribution in [0.25, 0.3) is 0 Å². The van der Waals surface area contributed by atoms with Gasteiger partial charge in [0.15, 0.2) is 0 Å². The number of furan rings is 1. The van der Waals surface area contributed by atoms with Crippen molar-refractivity contribution in [2.75, 3.05) is 10.5 Å². The highest BCUT2D eigenvalue weighted by atomic mass is 35.5. The van der Waals surface area contributed by atoms with Gasteiger partial charge in [-0.3, -0.25) is 4.72 Å². The van der Waals surface area contributed by atoms with Crippen LogP contribution in [0.1, 0.15) is 30.7 Å². The van der Waals surface area contributed by atoms with Crippen LogP contribution in [0.4, 0.5) is 5.69 Å². The highest BCUT2D eigenvalue weighted by Crippen LogP contribution is 2.37. The minimum atomic E-state index is -3.97. The van der Waals surface area contributed by atoms with Gasteiger partial charge >= 0.3 is 0 Å². The number of halogens is 1. The van der Waals surface area contributed by atoms with Gasteiger partial charge in [-0.15, -0.1) is 0 Å². The highest BCUT2D eigenvalue weighted by Gasteiger charge is 2.39. The number of nitrogens with zero attached hydrogens (tertiary/aromatic N) is 2. The largest absolute Gasteiger partial charge is 0.467 e. The second kappa shape index (κ2) is 8.61. The molecule has 0 fully saturated rings. The molecule has 1 aromatic heterocycles. The van der Waals surface area contributed by atoms with E-state index < -0.39 is 26.1 Å². The smallest absolute Gasteiger partial charge is 0.279 e. The van der Waals surface area contributed by atoms with E-state index in [1.807, 2.05) is 0 Å². The van der Waals surface area contributed by atoms with Crippen LogP contribution in [0.2, 0.25) is 5.02 Å². The van der Waals surface area contributed by atoms with Crippen molar-refractivity contribution in [3.63, 3.8) is 0 Å². The lowest BCUT2D eigenvalue weighted by molar-refractivity contribution is 0.320. The molecule has 1 N–H and O–H groups in total. The van der Waals surface area contributed by atoms with E-state index in [0.29, 0.717) is 34.2 Å². The maximum absolute atomic E-state index is 13.3. The van der Waals surface area contributed by atoms with Crippen LogP contribution in [0.3, 0.4) is 0 Å². The van der Waals surface area contributed by atoms with Crippen molar-refractivity contribution in [1.82, 2.24) is 4.41 Å². The van der Waals surface area contributed by atoms with Crippen LogP contribution in [-0.4, -0.2) is 32.7 Å². The van der Waals surface area contributed by atoms with Crippen molar-refractivity contribution in [3.05, 3.63) is 83.3 Å². The lowest BCUT2D eigenvalue weighted by Crippen LogP contribution is -2.27. The van der Waals surface area contributed by atoms with Crippen molar-refractivity contribution >= 4 is 43.0 Å². The van der Waals surface area contributed by atoms with E-state index in [4.69, 9.17) is 16.0 Å². The molecule has 3 aromatic rings. The molecule has 0 saturated heterocycles. The minimum absolute atomic E-state index is 0.0379. The molecule has 0 radical (unpaired) electrons. The minimum Gasteiger partial charge on any atom is -0.467 e. The van der Waals surface area contributed by atoms with Crippen molar-refractivity contribution < 1.29 is 21.3 Å². The van der Waals surface area contributed by atoms with Gasteiger partial charge in [0.2, 0.25) is 10.0 Å². The number of hydrogen-bond acceptors (Lipinski definition) is 6. The van der Waals surface area contributed by atoms with E-state index >= 15 is 0 Å². The predicted octanol–water partition coefficient (Wildman–Crippen LogP) is 4.23. The quantitative estimate of drug-likeness (QED) is 0.529. The molecule has 32 heavy (non-hydrogen) atoms. The zero-order valence-electron chi connectivity index (χ0n) is 17.0. The van der Waals surface area contributed by atoms with Crippen molar-refractivity contribution in [1.29, 1.82) is 0 Å². The second-order valence-electron chi connectivity index (χ2n) is 7.10. The number of nitrogens with one attached hydrogen (secondary N) is 1. The average Bonchev–Trinajstić information content (AvgIpc) is 3.45. The third-order valence-corrected chi connectivity index (χ3v) is 8.23. The number of sulfonamides is 2. The first-order chi connectivity index (χ1) is 15.2. The topological polar surface area (TPSA) is 109 Å². The molecular formula is C21H20ClN3O5S2. The Labute approximate surface area is 191 Å². The van der Waals surface area contributed by atoms with E-state index in [-0.39, 0.29) is 10.6 Å². The number of anilines is 1. The van der Waals surface area contributed by atoms with Crippen LogP contribution in [-0.2, 0) is 20.0 Å². The van der Waals surface area contributed by atoms with Crippen molar-refractivity contribution in [3.8, 4) is 0 Å². The number of benzene rings is 2. The molecule has 0 saturated carbocycles. The summed E-state index contributed by atoms with van der Waals surface area (Å²) in [6, 6.07) is 15.2. The van der Waals surface area contributed by atoms with Crippen LogP contribution >= 0.6 is 11.6 Å². The van der Waals surface area contributed by atoms with Gasteiger partial charge in [-0.1, -0.05) is 23.7 Å². The standard InChI is InChI=1S/C21H20ClN3O5S2/c1-2-31(26,27)24-17-9-5-15(6-10-17)19-14-20(21-4-3-13-30-21)25(23-19)32(28,29)18-11-7-16(22)8-12-18/h3-13,20,24H,2,14H2,1H3/t20-/m0/s1. The first kappa shape index (κ1) is 22.4. The van der Waals surface area contributed by atoms with Crippen LogP contribution in [0.15, 0.2) is 81.3 Å². The molecule has 1 aliphatic heterocycles. The van der Waals surface area contributed by atoms with Gasteiger partial charge < -0.3 is 4.42 Å². The molecule has 168 valence electrons. The lowest BCUT2D eigenvalue weighted by atomic mass is 10.0. The molecule has 0 unspecified atom stereocenters. The van der Waals surface area contributed by atoms with E-state index in [1.165, 1.54) is 30.5 Å². The summed E-state index contributed by atoms with van der Waals surface area (Å²) in [7, 11) is -7.37. The van der Waals surface area contributed by atoms with Crippen LogP contribution < -0.4 is 4.72 Å². The molecule has 11 heteroatoms. The third-order valence-electron chi connectivity index (χ3n) is 4.97. The Morgan fingerprint density at radius 1 is 1.06 bits per heavy atom. The van der Waals surface area contributed by atoms with Gasteiger partial charge in [0, 0.05) is 17.1 Å². The molecule has 0 bridgehead atoms. The third kappa shape index (κ3) is 4.52. The number of hydrogen-bond donors (Lipinski definition) is 1. The zero-order valence-corrected chi connectivity index (χ0v) is 19.4. The summed E-state index contributed by atoms with van der Waals surface area (Å²) in [5.41, 5.74) is 1.63. The average molecular weight is 494 g/mol. The maximum Gasteiger partial charge on any atom is 0.279 e. The molecule has 0 spiro atoms. The maximum atomic E-state index is 13.3. The Kier molecular flexibility index (Phi) is 6.02. The Morgan fingerprint density at radius 3 is 2.34 bits per heavy atom. The summed E-state index contributed by atoms with van der Waals surface area (Å²) >= 11 is 5.90. The van der Waals surface area contributed by atoms with E-state index in [1.54, 1.807) is 43.3 Å².